The van der Waals surface area contributed by atoms with Crippen LogP contribution >= 0.6 is 0 Å². The van der Waals surface area contributed by atoms with Crippen LogP contribution in [0.25, 0.3) is 0 Å². The summed E-state index contributed by atoms with van der Waals surface area (Å²) in [6.45, 7) is 2.25. The van der Waals surface area contributed by atoms with Gasteiger partial charge in [-0.25, -0.2) is 8.42 Å². The Kier molecular flexibility index (Phi) is 21.4. The molecule has 3 nitrogen and oxygen atoms in total. The second kappa shape index (κ2) is 19.0. The smallest absolute Gasteiger partial charge is 0.748 e. The summed E-state index contributed by atoms with van der Waals surface area (Å²) in [6.07, 6.45) is 21.1. The molecule has 5 heteroatoms. The topological polar surface area (TPSA) is 57.2 Å². The van der Waals surface area contributed by atoms with Gasteiger partial charge < -0.3 is 4.55 Å². The van der Waals surface area contributed by atoms with Crippen LogP contribution in [0.3, 0.4) is 0 Å². The standard InChI is InChI=1S/C18H36O3S.Na/c1-2-3-4-5-6-7-8-9-10-11-12-13-14-15-16-17-18-22(19,20)21;/h9-10H,2-8,11-18H2,1H3,(H,19,20,21);/q;+1/p-1/b10-9-;. The molecule has 0 aromatic rings. The van der Waals surface area contributed by atoms with Crippen molar-refractivity contribution < 1.29 is 42.5 Å². The molecule has 0 aromatic heterocycles. The van der Waals surface area contributed by atoms with Crippen LogP contribution in [0.5, 0.6) is 0 Å². The summed E-state index contributed by atoms with van der Waals surface area (Å²) in [6, 6.07) is 0. The number of rotatable bonds is 16. The van der Waals surface area contributed by atoms with E-state index in [9.17, 15) is 13.0 Å². The maximum atomic E-state index is 10.4. The molecule has 0 aliphatic carbocycles. The minimum Gasteiger partial charge on any atom is -0.748 e. The first-order valence-corrected chi connectivity index (χ1v) is 10.7. The van der Waals surface area contributed by atoms with E-state index < -0.39 is 10.1 Å². The van der Waals surface area contributed by atoms with Crippen molar-refractivity contribution in [2.24, 2.45) is 0 Å². The van der Waals surface area contributed by atoms with E-state index in [1.54, 1.807) is 0 Å². The summed E-state index contributed by atoms with van der Waals surface area (Å²) < 4.78 is 31.2. The van der Waals surface area contributed by atoms with E-state index in [0.29, 0.717) is 6.42 Å². The average molecular weight is 355 g/mol. The Hall–Kier alpha value is 0.650. The van der Waals surface area contributed by atoms with Crippen LogP contribution in [0.1, 0.15) is 96.8 Å². The average Bonchev–Trinajstić information content (AvgIpc) is 2.45. The Morgan fingerprint density at radius 1 is 0.696 bits per heavy atom. The molecule has 0 bridgehead atoms. The van der Waals surface area contributed by atoms with Gasteiger partial charge in [0.25, 0.3) is 0 Å². The predicted octanol–water partition coefficient (Wildman–Crippen LogP) is 2.57. The molecule has 0 aromatic carbocycles. The summed E-state index contributed by atoms with van der Waals surface area (Å²) in [5, 5.41) is 0. The molecule has 0 fully saturated rings. The number of unbranched alkanes of at least 4 members (excludes halogenated alkanes) is 12. The van der Waals surface area contributed by atoms with Crippen molar-refractivity contribution in [1.82, 2.24) is 0 Å². The van der Waals surface area contributed by atoms with E-state index >= 15 is 0 Å². The van der Waals surface area contributed by atoms with Gasteiger partial charge in [-0.05, 0) is 32.1 Å². The Morgan fingerprint density at radius 2 is 1.09 bits per heavy atom. The number of allylic oxidation sites excluding steroid dienone is 2. The van der Waals surface area contributed by atoms with Crippen molar-refractivity contribution in [2.45, 2.75) is 96.8 Å². The molecular weight excluding hydrogens is 319 g/mol. The molecular formula is C18H35NaO3S. The third kappa shape index (κ3) is 25.0. The molecule has 0 heterocycles. The first-order chi connectivity index (χ1) is 10.6. The van der Waals surface area contributed by atoms with Gasteiger partial charge >= 0.3 is 29.6 Å². The fourth-order valence-electron chi connectivity index (χ4n) is 2.53. The van der Waals surface area contributed by atoms with Crippen molar-refractivity contribution in [1.29, 1.82) is 0 Å². The number of hydrogen-bond acceptors (Lipinski definition) is 3. The molecule has 0 amide bonds. The van der Waals surface area contributed by atoms with Gasteiger partial charge in [-0.1, -0.05) is 76.9 Å². The zero-order valence-corrected chi connectivity index (χ0v) is 18.2. The summed E-state index contributed by atoms with van der Waals surface area (Å²) >= 11 is 0. The van der Waals surface area contributed by atoms with Crippen LogP contribution in [0.4, 0.5) is 0 Å². The van der Waals surface area contributed by atoms with Crippen LogP contribution in [0.15, 0.2) is 12.2 Å². The zero-order valence-electron chi connectivity index (χ0n) is 15.4. The van der Waals surface area contributed by atoms with Crippen molar-refractivity contribution in [2.75, 3.05) is 5.75 Å². The van der Waals surface area contributed by atoms with Crippen LogP contribution < -0.4 is 29.6 Å². The minimum absolute atomic E-state index is 0. The Bertz CT molecular complexity index is 353. The van der Waals surface area contributed by atoms with Crippen molar-refractivity contribution in [3.05, 3.63) is 12.2 Å². The van der Waals surface area contributed by atoms with Gasteiger partial charge in [0.15, 0.2) is 0 Å². The van der Waals surface area contributed by atoms with E-state index in [2.05, 4.69) is 19.1 Å². The quantitative estimate of drug-likeness (QED) is 0.185. The largest absolute Gasteiger partial charge is 1.00 e. The van der Waals surface area contributed by atoms with Gasteiger partial charge in [0.1, 0.15) is 0 Å². The molecule has 0 unspecified atom stereocenters. The van der Waals surface area contributed by atoms with E-state index in [0.717, 1.165) is 25.7 Å². The molecule has 0 atom stereocenters. The maximum Gasteiger partial charge on any atom is 1.00 e. The molecule has 0 aliphatic heterocycles. The Morgan fingerprint density at radius 3 is 1.52 bits per heavy atom. The van der Waals surface area contributed by atoms with Gasteiger partial charge in [0.2, 0.25) is 0 Å². The van der Waals surface area contributed by atoms with Gasteiger partial charge in [-0.3, -0.25) is 0 Å². The fourth-order valence-corrected chi connectivity index (χ4v) is 3.08. The number of hydrogen-bond donors (Lipinski definition) is 0. The van der Waals surface area contributed by atoms with E-state index in [-0.39, 0.29) is 35.3 Å². The molecule has 0 rings (SSSR count). The molecule has 0 aliphatic rings. The normalized spacial score (nSPS) is 11.7. The molecule has 0 N–H and O–H groups in total. The van der Waals surface area contributed by atoms with Crippen LogP contribution in [-0.4, -0.2) is 18.7 Å². The SMILES string of the molecule is CCCCCCCC/C=C\CCCCCCCCS(=O)(=O)[O-].[Na+]. The third-order valence-corrected chi connectivity index (χ3v) is 4.69. The van der Waals surface area contributed by atoms with Crippen LogP contribution in [0, 0.1) is 0 Å². The molecule has 0 radical (unpaired) electrons. The third-order valence-electron chi connectivity index (χ3n) is 3.91. The Labute approximate surface area is 166 Å². The van der Waals surface area contributed by atoms with Crippen molar-refractivity contribution >= 4 is 10.1 Å². The molecule has 132 valence electrons. The first-order valence-electron chi connectivity index (χ1n) is 9.15. The van der Waals surface area contributed by atoms with E-state index in [1.807, 2.05) is 0 Å². The molecule has 0 spiro atoms. The first kappa shape index (κ1) is 25.9. The molecule has 0 saturated carbocycles. The second-order valence-corrected chi connectivity index (χ2v) is 7.72. The summed E-state index contributed by atoms with van der Waals surface area (Å²) in [5.74, 6) is -0.200. The van der Waals surface area contributed by atoms with E-state index in [1.165, 1.54) is 57.8 Å². The van der Waals surface area contributed by atoms with Crippen LogP contribution in [0.2, 0.25) is 0 Å². The van der Waals surface area contributed by atoms with Gasteiger partial charge in [0, 0.05) is 5.75 Å². The van der Waals surface area contributed by atoms with Crippen molar-refractivity contribution in [3.63, 3.8) is 0 Å². The van der Waals surface area contributed by atoms with Gasteiger partial charge in [-0.2, -0.15) is 0 Å². The van der Waals surface area contributed by atoms with Crippen LogP contribution in [-0.2, 0) is 10.1 Å². The second-order valence-electron chi connectivity index (χ2n) is 6.20. The molecule has 0 saturated heterocycles. The van der Waals surface area contributed by atoms with Gasteiger partial charge in [-0.15, -0.1) is 0 Å². The minimum atomic E-state index is -4.00. The van der Waals surface area contributed by atoms with E-state index in [4.69, 9.17) is 0 Å². The van der Waals surface area contributed by atoms with Crippen molar-refractivity contribution in [3.8, 4) is 0 Å². The Balaban J connectivity index is 0. The predicted molar refractivity (Wildman–Crippen MR) is 94.0 cm³/mol. The summed E-state index contributed by atoms with van der Waals surface area (Å²) in [4.78, 5) is 0. The monoisotopic (exact) mass is 354 g/mol. The molecule has 23 heavy (non-hydrogen) atoms. The zero-order chi connectivity index (χ0) is 16.5. The fraction of sp³-hybridized carbons (Fsp3) is 0.889. The summed E-state index contributed by atoms with van der Waals surface area (Å²) in [5.41, 5.74) is 0. The summed E-state index contributed by atoms with van der Waals surface area (Å²) in [7, 11) is -4.00. The van der Waals surface area contributed by atoms with Gasteiger partial charge in [0.05, 0.1) is 10.1 Å². The maximum absolute atomic E-state index is 10.4.